The van der Waals surface area contributed by atoms with Gasteiger partial charge in [0.2, 0.25) is 0 Å². The van der Waals surface area contributed by atoms with Crippen molar-refractivity contribution in [2.24, 2.45) is 5.41 Å². The van der Waals surface area contributed by atoms with Crippen LogP contribution < -0.4 is 0 Å². The van der Waals surface area contributed by atoms with Gasteiger partial charge in [0.25, 0.3) is 0 Å². The lowest BCUT2D eigenvalue weighted by Gasteiger charge is -2.22. The highest BCUT2D eigenvalue weighted by Gasteiger charge is 2.17. The lowest BCUT2D eigenvalue weighted by molar-refractivity contribution is 0.326. The van der Waals surface area contributed by atoms with Crippen LogP contribution in [0, 0.1) is 5.41 Å². The Morgan fingerprint density at radius 3 is 2.67 bits per heavy atom. The third kappa shape index (κ3) is 2.72. The Morgan fingerprint density at radius 1 is 1.42 bits per heavy atom. The Balaban J connectivity index is 2.50. The quantitative estimate of drug-likeness (QED) is 0.704. The highest BCUT2D eigenvalue weighted by Crippen LogP contribution is 2.26. The molecule has 0 saturated heterocycles. The van der Waals surface area contributed by atoms with Crippen LogP contribution in [0.5, 0.6) is 0 Å². The second kappa shape index (κ2) is 3.79. The first kappa shape index (κ1) is 9.37. The number of aromatic amines is 1. The van der Waals surface area contributed by atoms with E-state index in [-0.39, 0.29) is 0 Å². The normalized spacial score (nSPS) is 11.9. The molecule has 0 spiro atoms. The molecular weight excluding hydrogens is 146 g/mol. The first-order valence-electron chi connectivity index (χ1n) is 4.76. The molecule has 0 bridgehead atoms. The van der Waals surface area contributed by atoms with Gasteiger partial charge in [0.1, 0.15) is 0 Å². The minimum Gasteiger partial charge on any atom is -0.365 e. The summed E-state index contributed by atoms with van der Waals surface area (Å²) in [6.07, 6.45) is 5.73. The predicted octanol–water partition coefficient (Wildman–Crippen LogP) is 3.38. The van der Waals surface area contributed by atoms with E-state index in [4.69, 9.17) is 0 Å². The van der Waals surface area contributed by atoms with Gasteiger partial charge in [0, 0.05) is 11.9 Å². The monoisotopic (exact) mass is 165 g/mol. The van der Waals surface area contributed by atoms with Crippen molar-refractivity contribution in [2.75, 3.05) is 0 Å². The van der Waals surface area contributed by atoms with Crippen molar-refractivity contribution in [3.63, 3.8) is 0 Å². The van der Waals surface area contributed by atoms with Crippen LogP contribution in [0.2, 0.25) is 0 Å². The van der Waals surface area contributed by atoms with Gasteiger partial charge < -0.3 is 4.98 Å². The third-order valence-corrected chi connectivity index (χ3v) is 2.26. The molecule has 1 rings (SSSR count). The molecule has 0 fully saturated rings. The number of nitrogens with one attached hydrogen (secondary N) is 1. The molecule has 12 heavy (non-hydrogen) atoms. The van der Waals surface area contributed by atoms with Crippen LogP contribution >= 0.6 is 0 Å². The fourth-order valence-electron chi connectivity index (χ4n) is 1.76. The lowest BCUT2D eigenvalue weighted by Crippen LogP contribution is -2.14. The third-order valence-electron chi connectivity index (χ3n) is 2.26. The second-order valence-electron chi connectivity index (χ2n) is 4.29. The smallest absolute Gasteiger partial charge is 0.0152 e. The Labute approximate surface area is 75.2 Å². The number of H-pyrrole nitrogens is 1. The highest BCUT2D eigenvalue weighted by atomic mass is 14.7. The van der Waals surface area contributed by atoms with Crippen molar-refractivity contribution in [3.8, 4) is 0 Å². The SMILES string of the molecule is CCCC(C)(C)Cc1ccc[nH]1. The van der Waals surface area contributed by atoms with E-state index in [2.05, 4.69) is 37.9 Å². The van der Waals surface area contributed by atoms with Crippen molar-refractivity contribution in [3.05, 3.63) is 24.0 Å². The lowest BCUT2D eigenvalue weighted by atomic mass is 9.83. The van der Waals surface area contributed by atoms with Crippen LogP contribution in [-0.2, 0) is 6.42 Å². The Kier molecular flexibility index (Phi) is 2.96. The molecule has 0 unspecified atom stereocenters. The summed E-state index contributed by atoms with van der Waals surface area (Å²) in [5, 5.41) is 0. The molecule has 1 aromatic rings. The molecule has 0 aliphatic rings. The van der Waals surface area contributed by atoms with Crippen molar-refractivity contribution < 1.29 is 0 Å². The molecule has 1 N–H and O–H groups in total. The van der Waals surface area contributed by atoms with E-state index in [9.17, 15) is 0 Å². The largest absolute Gasteiger partial charge is 0.365 e. The van der Waals surface area contributed by atoms with Crippen LogP contribution in [-0.4, -0.2) is 4.98 Å². The van der Waals surface area contributed by atoms with Gasteiger partial charge in [-0.05, 0) is 30.4 Å². The van der Waals surface area contributed by atoms with E-state index in [0.29, 0.717) is 5.41 Å². The van der Waals surface area contributed by atoms with E-state index < -0.39 is 0 Å². The van der Waals surface area contributed by atoms with Gasteiger partial charge in [0.15, 0.2) is 0 Å². The number of hydrogen-bond donors (Lipinski definition) is 1. The van der Waals surface area contributed by atoms with Gasteiger partial charge in [-0.15, -0.1) is 0 Å². The van der Waals surface area contributed by atoms with Gasteiger partial charge in [-0.25, -0.2) is 0 Å². The Morgan fingerprint density at radius 2 is 2.17 bits per heavy atom. The minimum absolute atomic E-state index is 0.444. The highest BCUT2D eigenvalue weighted by molar-refractivity contribution is 5.05. The van der Waals surface area contributed by atoms with Gasteiger partial charge in [0.05, 0.1) is 0 Å². The molecule has 0 aliphatic carbocycles. The molecule has 0 aromatic carbocycles. The van der Waals surface area contributed by atoms with Gasteiger partial charge in [-0.2, -0.15) is 0 Å². The summed E-state index contributed by atoms with van der Waals surface area (Å²) >= 11 is 0. The maximum atomic E-state index is 3.25. The summed E-state index contributed by atoms with van der Waals surface area (Å²) in [6.45, 7) is 6.91. The standard InChI is InChI=1S/C11H19N/c1-4-7-11(2,3)9-10-6-5-8-12-10/h5-6,8,12H,4,7,9H2,1-3H3. The van der Waals surface area contributed by atoms with Gasteiger partial charge in [-0.3, -0.25) is 0 Å². The molecular formula is C11H19N. The molecule has 1 heterocycles. The van der Waals surface area contributed by atoms with E-state index in [0.717, 1.165) is 6.42 Å². The van der Waals surface area contributed by atoms with Crippen LogP contribution in [0.25, 0.3) is 0 Å². The molecule has 1 nitrogen and oxygen atoms in total. The average Bonchev–Trinajstić information content (AvgIpc) is 2.38. The van der Waals surface area contributed by atoms with Crippen molar-refractivity contribution >= 4 is 0 Å². The summed E-state index contributed by atoms with van der Waals surface area (Å²) in [4.78, 5) is 3.25. The molecule has 0 amide bonds. The fraction of sp³-hybridized carbons (Fsp3) is 0.636. The maximum absolute atomic E-state index is 3.25. The van der Waals surface area contributed by atoms with Crippen LogP contribution in [0.3, 0.4) is 0 Å². The topological polar surface area (TPSA) is 15.8 Å². The summed E-state index contributed by atoms with van der Waals surface area (Å²) in [5.74, 6) is 0. The summed E-state index contributed by atoms with van der Waals surface area (Å²) in [6, 6.07) is 4.23. The van der Waals surface area contributed by atoms with Crippen LogP contribution in [0.15, 0.2) is 18.3 Å². The van der Waals surface area contributed by atoms with Gasteiger partial charge in [-0.1, -0.05) is 27.2 Å². The average molecular weight is 165 g/mol. The zero-order valence-corrected chi connectivity index (χ0v) is 8.35. The predicted molar refractivity (Wildman–Crippen MR) is 53.2 cm³/mol. The number of hydrogen-bond acceptors (Lipinski definition) is 0. The van der Waals surface area contributed by atoms with Crippen molar-refractivity contribution in [1.82, 2.24) is 4.98 Å². The Hall–Kier alpha value is -0.720. The number of rotatable bonds is 4. The first-order chi connectivity index (χ1) is 5.64. The fourth-order valence-corrected chi connectivity index (χ4v) is 1.76. The Bertz CT molecular complexity index is 209. The molecule has 0 radical (unpaired) electrons. The van der Waals surface area contributed by atoms with Gasteiger partial charge >= 0.3 is 0 Å². The summed E-state index contributed by atoms with van der Waals surface area (Å²) in [7, 11) is 0. The first-order valence-corrected chi connectivity index (χ1v) is 4.76. The number of aromatic nitrogens is 1. The molecule has 0 aliphatic heterocycles. The van der Waals surface area contributed by atoms with Crippen LogP contribution in [0.1, 0.15) is 39.3 Å². The molecule has 1 aromatic heterocycles. The molecule has 1 heteroatoms. The van der Waals surface area contributed by atoms with Crippen LogP contribution in [0.4, 0.5) is 0 Å². The minimum atomic E-state index is 0.444. The molecule has 0 saturated carbocycles. The zero-order valence-electron chi connectivity index (χ0n) is 8.35. The van der Waals surface area contributed by atoms with E-state index in [1.807, 2.05) is 6.20 Å². The van der Waals surface area contributed by atoms with E-state index in [1.165, 1.54) is 18.5 Å². The van der Waals surface area contributed by atoms with Crippen molar-refractivity contribution in [2.45, 2.75) is 40.0 Å². The summed E-state index contributed by atoms with van der Waals surface area (Å²) < 4.78 is 0. The molecule has 68 valence electrons. The summed E-state index contributed by atoms with van der Waals surface area (Å²) in [5.41, 5.74) is 1.80. The van der Waals surface area contributed by atoms with E-state index in [1.54, 1.807) is 0 Å². The second-order valence-corrected chi connectivity index (χ2v) is 4.29. The zero-order chi connectivity index (χ0) is 9.03. The van der Waals surface area contributed by atoms with E-state index >= 15 is 0 Å². The van der Waals surface area contributed by atoms with Crippen molar-refractivity contribution in [1.29, 1.82) is 0 Å². The maximum Gasteiger partial charge on any atom is 0.0152 e. The molecule has 0 atom stereocenters.